The van der Waals surface area contributed by atoms with Crippen molar-refractivity contribution >= 4 is 11.6 Å². The number of amides is 1. The lowest BCUT2D eigenvalue weighted by Crippen LogP contribution is -3.16. The van der Waals surface area contributed by atoms with Gasteiger partial charge in [0.25, 0.3) is 5.91 Å². The number of nitrogens with zero attached hydrogens (tertiary/aromatic N) is 1. The van der Waals surface area contributed by atoms with Crippen LogP contribution in [0, 0.1) is 17.7 Å². The van der Waals surface area contributed by atoms with Crippen molar-refractivity contribution in [3.63, 3.8) is 0 Å². The number of carbonyl (C=O) groups is 1. The summed E-state index contributed by atoms with van der Waals surface area (Å²) in [5.41, 5.74) is 1.06. The van der Waals surface area contributed by atoms with Crippen LogP contribution in [0.4, 0.5) is 10.1 Å². The van der Waals surface area contributed by atoms with E-state index in [1.807, 2.05) is 12.1 Å². The first-order chi connectivity index (χ1) is 12.0. The van der Waals surface area contributed by atoms with Crippen LogP contribution in [0.15, 0.2) is 24.3 Å². The van der Waals surface area contributed by atoms with Crippen LogP contribution in [0.1, 0.15) is 33.1 Å². The minimum Gasteiger partial charge on any atom is -0.360 e. The maximum atomic E-state index is 13.0. The highest BCUT2D eigenvalue weighted by Gasteiger charge is 2.29. The number of piperazine rings is 1. The van der Waals surface area contributed by atoms with Crippen molar-refractivity contribution in [3.05, 3.63) is 30.1 Å². The number of anilines is 1. The molecule has 1 heterocycles. The molecule has 1 amide bonds. The lowest BCUT2D eigenvalue weighted by molar-refractivity contribution is -0.892. The molecule has 1 saturated heterocycles. The number of halogens is 1. The first-order valence-electron chi connectivity index (χ1n) is 9.66. The number of benzene rings is 1. The van der Waals surface area contributed by atoms with E-state index >= 15 is 0 Å². The molecule has 1 saturated carbocycles. The van der Waals surface area contributed by atoms with E-state index in [4.69, 9.17) is 0 Å². The normalized spacial score (nSPS) is 28.0. The summed E-state index contributed by atoms with van der Waals surface area (Å²) < 4.78 is 13.0. The van der Waals surface area contributed by atoms with Gasteiger partial charge in [0.2, 0.25) is 0 Å². The number of rotatable bonds is 4. The van der Waals surface area contributed by atoms with Crippen LogP contribution >= 0.6 is 0 Å². The molecule has 2 N–H and O–H groups in total. The number of nitrogens with one attached hydrogen (secondary N) is 2. The summed E-state index contributed by atoms with van der Waals surface area (Å²) in [6, 6.07) is 7.02. The highest BCUT2D eigenvalue weighted by Crippen LogP contribution is 2.29. The van der Waals surface area contributed by atoms with Gasteiger partial charge in [-0.05, 0) is 42.5 Å². The van der Waals surface area contributed by atoms with Crippen molar-refractivity contribution in [2.45, 2.75) is 39.2 Å². The second-order valence-corrected chi connectivity index (χ2v) is 7.83. The fourth-order valence-electron chi connectivity index (χ4n) is 4.18. The molecule has 0 spiro atoms. The Morgan fingerprint density at radius 3 is 2.56 bits per heavy atom. The highest BCUT2D eigenvalue weighted by atomic mass is 19.1. The summed E-state index contributed by atoms with van der Waals surface area (Å²) in [5, 5.41) is 3.28. The Bertz CT molecular complexity index is 569. The lowest BCUT2D eigenvalue weighted by atomic mass is 9.78. The van der Waals surface area contributed by atoms with E-state index in [-0.39, 0.29) is 11.7 Å². The van der Waals surface area contributed by atoms with E-state index in [0.717, 1.165) is 38.3 Å². The Morgan fingerprint density at radius 2 is 1.88 bits per heavy atom. The Labute approximate surface area is 150 Å². The molecule has 0 bridgehead atoms. The molecule has 0 radical (unpaired) electrons. The van der Waals surface area contributed by atoms with Gasteiger partial charge >= 0.3 is 0 Å². The summed E-state index contributed by atoms with van der Waals surface area (Å²) in [6.07, 6.45) is 3.62. The lowest BCUT2D eigenvalue weighted by Gasteiger charge is -2.36. The summed E-state index contributed by atoms with van der Waals surface area (Å²) in [7, 11) is 0. The summed E-state index contributed by atoms with van der Waals surface area (Å²) in [6.45, 7) is 8.83. The Morgan fingerprint density at radius 1 is 1.20 bits per heavy atom. The summed E-state index contributed by atoms with van der Waals surface area (Å²) in [5.74, 6) is 1.26. The molecule has 0 unspecified atom stereocenters. The Hall–Kier alpha value is -1.62. The SMILES string of the molecule is C[C@@H]1[C@H](C)CCC[C@H]1NC(=O)C[NH+]1CCN(c2ccc(F)cc2)CC1. The fourth-order valence-corrected chi connectivity index (χ4v) is 4.18. The van der Waals surface area contributed by atoms with Crippen LogP contribution in [0.25, 0.3) is 0 Å². The summed E-state index contributed by atoms with van der Waals surface area (Å²) in [4.78, 5) is 16.0. The molecule has 2 fully saturated rings. The average molecular weight is 348 g/mol. The third-order valence-electron chi connectivity index (χ3n) is 6.13. The zero-order valence-corrected chi connectivity index (χ0v) is 15.4. The van der Waals surface area contributed by atoms with Gasteiger partial charge in [0, 0.05) is 11.7 Å². The third-order valence-corrected chi connectivity index (χ3v) is 6.13. The van der Waals surface area contributed by atoms with Crippen molar-refractivity contribution < 1.29 is 14.1 Å². The van der Waals surface area contributed by atoms with E-state index in [9.17, 15) is 9.18 Å². The van der Waals surface area contributed by atoms with E-state index in [0.29, 0.717) is 24.4 Å². The van der Waals surface area contributed by atoms with Crippen molar-refractivity contribution in [2.75, 3.05) is 37.6 Å². The molecule has 25 heavy (non-hydrogen) atoms. The van der Waals surface area contributed by atoms with Crippen LogP contribution in [0.3, 0.4) is 0 Å². The molecular weight excluding hydrogens is 317 g/mol. The standard InChI is InChI=1S/C20H30FN3O/c1-15-4-3-5-19(16(15)2)22-20(25)14-23-10-12-24(13-11-23)18-8-6-17(21)7-9-18/h6-9,15-16,19H,3-5,10-14H2,1-2H3,(H,22,25)/p+1/t15-,16-,19-/m1/s1. The zero-order valence-electron chi connectivity index (χ0n) is 15.4. The van der Waals surface area contributed by atoms with Crippen LogP contribution < -0.4 is 15.1 Å². The zero-order chi connectivity index (χ0) is 17.8. The molecular formula is C20H31FN3O+. The molecule has 0 aromatic heterocycles. The van der Waals surface area contributed by atoms with Crippen molar-refractivity contribution in [2.24, 2.45) is 11.8 Å². The smallest absolute Gasteiger partial charge is 0.275 e. The van der Waals surface area contributed by atoms with Crippen LogP contribution in [-0.2, 0) is 4.79 Å². The quantitative estimate of drug-likeness (QED) is 0.865. The minimum absolute atomic E-state index is 0.191. The molecule has 3 atom stereocenters. The third kappa shape index (κ3) is 4.72. The first-order valence-corrected chi connectivity index (χ1v) is 9.66. The number of hydrogen-bond donors (Lipinski definition) is 2. The maximum Gasteiger partial charge on any atom is 0.275 e. The minimum atomic E-state index is -0.198. The van der Waals surface area contributed by atoms with E-state index in [1.165, 1.54) is 29.9 Å². The van der Waals surface area contributed by atoms with Gasteiger partial charge in [-0.2, -0.15) is 0 Å². The maximum absolute atomic E-state index is 13.0. The fraction of sp³-hybridized carbons (Fsp3) is 0.650. The molecule has 1 aromatic rings. The molecule has 5 heteroatoms. The monoisotopic (exact) mass is 348 g/mol. The molecule has 1 aliphatic heterocycles. The van der Waals surface area contributed by atoms with Crippen molar-refractivity contribution in [1.29, 1.82) is 0 Å². The number of carbonyl (C=O) groups excluding carboxylic acids is 1. The number of quaternary nitrogens is 1. The second-order valence-electron chi connectivity index (χ2n) is 7.83. The van der Waals surface area contributed by atoms with Gasteiger partial charge in [0.15, 0.2) is 6.54 Å². The van der Waals surface area contributed by atoms with Crippen molar-refractivity contribution in [3.8, 4) is 0 Å². The van der Waals surface area contributed by atoms with Crippen LogP contribution in [-0.4, -0.2) is 44.7 Å². The predicted molar refractivity (Wildman–Crippen MR) is 98.3 cm³/mol. The van der Waals surface area contributed by atoms with Gasteiger partial charge in [0.05, 0.1) is 26.2 Å². The molecule has 138 valence electrons. The molecule has 1 aromatic carbocycles. The van der Waals surface area contributed by atoms with Crippen molar-refractivity contribution in [1.82, 2.24) is 5.32 Å². The highest BCUT2D eigenvalue weighted by molar-refractivity contribution is 5.77. The Balaban J connectivity index is 1.44. The van der Waals surface area contributed by atoms with Crippen LogP contribution in [0.5, 0.6) is 0 Å². The topological polar surface area (TPSA) is 36.8 Å². The predicted octanol–water partition coefficient (Wildman–Crippen LogP) is 1.47. The van der Waals surface area contributed by atoms with Gasteiger partial charge in [-0.3, -0.25) is 4.79 Å². The largest absolute Gasteiger partial charge is 0.360 e. The molecule has 2 aliphatic rings. The molecule has 4 nitrogen and oxygen atoms in total. The van der Waals surface area contributed by atoms with E-state index in [1.54, 1.807) is 0 Å². The van der Waals surface area contributed by atoms with Gasteiger partial charge in [-0.1, -0.05) is 26.7 Å². The van der Waals surface area contributed by atoms with Gasteiger partial charge in [0.1, 0.15) is 5.82 Å². The summed E-state index contributed by atoms with van der Waals surface area (Å²) >= 11 is 0. The van der Waals surface area contributed by atoms with E-state index < -0.39 is 0 Å². The first kappa shape index (κ1) is 18.2. The number of hydrogen-bond acceptors (Lipinski definition) is 2. The average Bonchev–Trinajstić information content (AvgIpc) is 2.60. The van der Waals surface area contributed by atoms with Gasteiger partial charge in [-0.15, -0.1) is 0 Å². The van der Waals surface area contributed by atoms with Crippen LogP contribution in [0.2, 0.25) is 0 Å². The van der Waals surface area contributed by atoms with Gasteiger partial charge in [-0.25, -0.2) is 4.39 Å². The molecule has 3 rings (SSSR count). The van der Waals surface area contributed by atoms with Gasteiger partial charge < -0.3 is 15.1 Å². The molecule has 1 aliphatic carbocycles. The van der Waals surface area contributed by atoms with E-state index in [2.05, 4.69) is 24.1 Å². The Kier molecular flexibility index (Phi) is 5.94. The second kappa shape index (κ2) is 8.17.